The Kier molecular flexibility index (Phi) is 5.81. The maximum Gasteiger partial charge on any atom is 0.416 e. The predicted molar refractivity (Wildman–Crippen MR) is 199 cm³/mol. The number of nitrogens with zero attached hydrogens (tertiary/aromatic N) is 1. The molecular weight excluding hydrogens is 611 g/mol. The molecule has 0 bridgehead atoms. The summed E-state index contributed by atoms with van der Waals surface area (Å²) in [6, 6.07) is 52.7. The second kappa shape index (κ2) is 10.2. The van der Waals surface area contributed by atoms with Gasteiger partial charge in [-0.25, -0.2) is 0 Å². The van der Waals surface area contributed by atoms with E-state index < -0.39 is 11.7 Å². The summed E-state index contributed by atoms with van der Waals surface area (Å²) < 4.78 is 43.1. The summed E-state index contributed by atoms with van der Waals surface area (Å²) in [5.41, 5.74) is 4.32. The Labute approximate surface area is 279 Å². The van der Waals surface area contributed by atoms with Crippen LogP contribution in [0.5, 0.6) is 0 Å². The molecule has 0 saturated carbocycles. The van der Waals surface area contributed by atoms with Crippen LogP contribution in [0.4, 0.5) is 13.2 Å². The van der Waals surface area contributed by atoms with E-state index in [0.29, 0.717) is 0 Å². The molecule has 0 aliphatic heterocycles. The summed E-state index contributed by atoms with van der Waals surface area (Å²) >= 11 is 0. The molecule has 49 heavy (non-hydrogen) atoms. The fourth-order valence-electron chi connectivity index (χ4n) is 7.93. The maximum absolute atomic E-state index is 13.6. The van der Waals surface area contributed by atoms with Gasteiger partial charge in [-0.05, 0) is 84.5 Å². The number of aromatic nitrogens is 1. The summed E-state index contributed by atoms with van der Waals surface area (Å²) in [4.78, 5) is 0. The normalized spacial score (nSPS) is 12.4. The number of rotatable bonds is 2. The van der Waals surface area contributed by atoms with Crippen molar-refractivity contribution in [1.82, 2.24) is 4.57 Å². The molecule has 0 N–H and O–H groups in total. The van der Waals surface area contributed by atoms with E-state index in [-0.39, 0.29) is 0 Å². The van der Waals surface area contributed by atoms with Crippen molar-refractivity contribution in [2.75, 3.05) is 0 Å². The van der Waals surface area contributed by atoms with E-state index in [1.165, 1.54) is 44.5 Å². The van der Waals surface area contributed by atoms with Crippen LogP contribution in [0.1, 0.15) is 5.56 Å². The zero-order valence-corrected chi connectivity index (χ0v) is 26.1. The third kappa shape index (κ3) is 4.14. The highest BCUT2D eigenvalue weighted by Gasteiger charge is 2.30. The third-order valence-electron chi connectivity index (χ3n) is 10.1. The van der Waals surface area contributed by atoms with E-state index in [9.17, 15) is 13.2 Å². The van der Waals surface area contributed by atoms with Crippen molar-refractivity contribution in [2.24, 2.45) is 0 Å². The van der Waals surface area contributed by atoms with Crippen LogP contribution in [-0.2, 0) is 6.18 Å². The van der Waals surface area contributed by atoms with Crippen LogP contribution in [0.15, 0.2) is 158 Å². The topological polar surface area (TPSA) is 4.93 Å². The van der Waals surface area contributed by atoms with Crippen molar-refractivity contribution in [3.05, 3.63) is 163 Å². The van der Waals surface area contributed by atoms with E-state index >= 15 is 0 Å². The average molecular weight is 638 g/mol. The summed E-state index contributed by atoms with van der Waals surface area (Å²) in [7, 11) is 0. The molecule has 0 amide bonds. The van der Waals surface area contributed by atoms with Gasteiger partial charge in [0, 0.05) is 27.2 Å². The first kappa shape index (κ1) is 27.9. The quantitative estimate of drug-likeness (QED) is 0.166. The molecule has 10 rings (SSSR count). The molecule has 0 fully saturated rings. The lowest BCUT2D eigenvalue weighted by Crippen LogP contribution is -2.04. The number of hydrogen-bond acceptors (Lipinski definition) is 0. The van der Waals surface area contributed by atoms with Crippen LogP contribution < -0.4 is 0 Å². The fourth-order valence-corrected chi connectivity index (χ4v) is 7.93. The van der Waals surface area contributed by atoms with Crippen molar-refractivity contribution in [1.29, 1.82) is 0 Å². The second-order valence-electron chi connectivity index (χ2n) is 12.8. The lowest BCUT2D eigenvalue weighted by Gasteiger charge is -2.16. The molecule has 10 aromatic rings. The molecular formula is C45H26F3N. The first-order valence-corrected chi connectivity index (χ1v) is 16.3. The minimum atomic E-state index is -4.40. The zero-order chi connectivity index (χ0) is 32.9. The van der Waals surface area contributed by atoms with Crippen LogP contribution in [0.2, 0.25) is 0 Å². The van der Waals surface area contributed by atoms with Crippen molar-refractivity contribution in [2.45, 2.75) is 6.18 Å². The SMILES string of the molecule is FC(F)(F)c1ccc(-c2cc3cc(-n4c5c6ccccc6ccc5c5ccc6ccccc6c54)ccc3c3c2ccc2ccccc23)cc1. The summed E-state index contributed by atoms with van der Waals surface area (Å²) in [6.45, 7) is 0. The van der Waals surface area contributed by atoms with Crippen molar-refractivity contribution in [3.8, 4) is 16.8 Å². The first-order chi connectivity index (χ1) is 23.9. The Balaban J connectivity index is 1.34. The molecule has 0 unspecified atom stereocenters. The van der Waals surface area contributed by atoms with E-state index in [1.807, 2.05) is 12.1 Å². The summed E-state index contributed by atoms with van der Waals surface area (Å²) in [6.07, 6.45) is -4.40. The molecule has 0 aliphatic rings. The van der Waals surface area contributed by atoms with Gasteiger partial charge >= 0.3 is 6.18 Å². The minimum absolute atomic E-state index is 0.653. The van der Waals surface area contributed by atoms with Crippen LogP contribution in [0, 0.1) is 0 Å². The number of benzene rings is 9. The number of fused-ring (bicyclic) bond motifs is 12. The van der Waals surface area contributed by atoms with Gasteiger partial charge in [-0.15, -0.1) is 0 Å². The van der Waals surface area contributed by atoms with Gasteiger partial charge in [0.1, 0.15) is 0 Å². The van der Waals surface area contributed by atoms with Gasteiger partial charge in [0.15, 0.2) is 0 Å². The van der Waals surface area contributed by atoms with Gasteiger partial charge in [-0.3, -0.25) is 0 Å². The molecule has 0 spiro atoms. The van der Waals surface area contributed by atoms with Gasteiger partial charge < -0.3 is 4.57 Å². The Bertz CT molecular complexity index is 2870. The maximum atomic E-state index is 13.6. The van der Waals surface area contributed by atoms with E-state index in [4.69, 9.17) is 0 Å². The molecule has 232 valence electrons. The Morgan fingerprint density at radius 3 is 1.47 bits per heavy atom. The van der Waals surface area contributed by atoms with E-state index in [0.717, 1.165) is 60.2 Å². The average Bonchev–Trinajstić information content (AvgIpc) is 3.49. The Morgan fingerprint density at radius 2 is 0.878 bits per heavy atom. The molecule has 1 heterocycles. The van der Waals surface area contributed by atoms with Gasteiger partial charge in [0.05, 0.1) is 16.6 Å². The number of halogens is 3. The largest absolute Gasteiger partial charge is 0.416 e. The van der Waals surface area contributed by atoms with Gasteiger partial charge in [0.2, 0.25) is 0 Å². The highest BCUT2D eigenvalue weighted by molar-refractivity contribution is 6.26. The fraction of sp³-hybridized carbons (Fsp3) is 0.0222. The van der Waals surface area contributed by atoms with Crippen LogP contribution in [0.25, 0.3) is 92.5 Å². The molecule has 4 heteroatoms. The molecule has 9 aromatic carbocycles. The minimum Gasteiger partial charge on any atom is -0.308 e. The van der Waals surface area contributed by atoms with Gasteiger partial charge in [0.25, 0.3) is 0 Å². The molecule has 0 aliphatic carbocycles. The smallest absolute Gasteiger partial charge is 0.308 e. The third-order valence-corrected chi connectivity index (χ3v) is 10.1. The Morgan fingerprint density at radius 1 is 0.388 bits per heavy atom. The van der Waals surface area contributed by atoms with E-state index in [2.05, 4.69) is 126 Å². The van der Waals surface area contributed by atoms with Crippen molar-refractivity contribution < 1.29 is 13.2 Å². The summed E-state index contributed by atoms with van der Waals surface area (Å²) in [5, 5.41) is 13.5. The number of hydrogen-bond donors (Lipinski definition) is 0. The highest BCUT2D eigenvalue weighted by Crippen LogP contribution is 2.43. The van der Waals surface area contributed by atoms with E-state index in [1.54, 1.807) is 12.1 Å². The lowest BCUT2D eigenvalue weighted by atomic mass is 9.90. The van der Waals surface area contributed by atoms with Crippen molar-refractivity contribution >= 4 is 75.7 Å². The monoisotopic (exact) mass is 637 g/mol. The van der Waals surface area contributed by atoms with Gasteiger partial charge in [-0.1, -0.05) is 127 Å². The zero-order valence-electron chi connectivity index (χ0n) is 26.1. The Hall–Kier alpha value is -6.13. The summed E-state index contributed by atoms with van der Waals surface area (Å²) in [5.74, 6) is 0. The molecule has 0 atom stereocenters. The van der Waals surface area contributed by atoms with Crippen LogP contribution >= 0.6 is 0 Å². The lowest BCUT2D eigenvalue weighted by molar-refractivity contribution is -0.137. The first-order valence-electron chi connectivity index (χ1n) is 16.3. The second-order valence-corrected chi connectivity index (χ2v) is 12.8. The predicted octanol–water partition coefficient (Wildman–Crippen LogP) is 13.2. The van der Waals surface area contributed by atoms with Crippen molar-refractivity contribution in [3.63, 3.8) is 0 Å². The molecule has 1 nitrogen and oxygen atoms in total. The number of alkyl halides is 3. The van der Waals surface area contributed by atoms with Gasteiger partial charge in [-0.2, -0.15) is 13.2 Å². The molecule has 0 saturated heterocycles. The highest BCUT2D eigenvalue weighted by atomic mass is 19.4. The van der Waals surface area contributed by atoms with Crippen LogP contribution in [-0.4, -0.2) is 4.57 Å². The molecule has 0 radical (unpaired) electrons. The molecule has 1 aromatic heterocycles. The van der Waals surface area contributed by atoms with Crippen LogP contribution in [0.3, 0.4) is 0 Å². The standard InChI is InChI=1S/C45H26F3N/c46-45(47,48)32-18-13-30(14-19-32)41-26-31-25-33(20-24-35(31)42-34-10-4-1-7-27(34)15-21-38(41)42)49-43-36-11-5-2-8-28(36)16-22-39(43)40-23-17-29-9-3-6-12-37(29)44(40)49/h1-26H.